The smallest absolute Gasteiger partial charge is 0.191 e. The summed E-state index contributed by atoms with van der Waals surface area (Å²) in [7, 11) is 0. The van der Waals surface area contributed by atoms with Crippen LogP contribution in [0.25, 0.3) is 0 Å². The van der Waals surface area contributed by atoms with Gasteiger partial charge in [0.15, 0.2) is 5.96 Å². The second-order valence-electron chi connectivity index (χ2n) is 4.56. The molecule has 21 heavy (non-hydrogen) atoms. The van der Waals surface area contributed by atoms with Gasteiger partial charge >= 0.3 is 0 Å². The molecule has 118 valence electrons. The number of unbranched alkanes of at least 4 members (excludes halogenated alkanes) is 1. The van der Waals surface area contributed by atoms with E-state index in [2.05, 4.69) is 37.8 Å². The third kappa shape index (κ3) is 7.71. The van der Waals surface area contributed by atoms with Crippen LogP contribution in [0.4, 0.5) is 4.39 Å². The molecular formula is C15H23BrFN3S. The predicted molar refractivity (Wildman–Crippen MR) is 94.5 cm³/mol. The summed E-state index contributed by atoms with van der Waals surface area (Å²) in [6, 6.07) is 4.91. The number of hydrogen-bond donors (Lipinski definition) is 2. The molecule has 3 nitrogen and oxygen atoms in total. The van der Waals surface area contributed by atoms with Gasteiger partial charge in [0, 0.05) is 23.1 Å². The first kappa shape index (κ1) is 18.3. The van der Waals surface area contributed by atoms with Crippen LogP contribution in [0.5, 0.6) is 0 Å². The van der Waals surface area contributed by atoms with Gasteiger partial charge in [-0.3, -0.25) is 0 Å². The van der Waals surface area contributed by atoms with Crippen LogP contribution >= 0.6 is 27.7 Å². The number of nitrogens with one attached hydrogen (secondary N) is 2. The number of guanidine groups is 1. The Morgan fingerprint density at radius 2 is 2.14 bits per heavy atom. The largest absolute Gasteiger partial charge is 0.357 e. The van der Waals surface area contributed by atoms with Gasteiger partial charge in [0.2, 0.25) is 0 Å². The van der Waals surface area contributed by atoms with Crippen LogP contribution in [-0.4, -0.2) is 31.1 Å². The molecule has 6 heteroatoms. The van der Waals surface area contributed by atoms with Crippen molar-refractivity contribution in [3.05, 3.63) is 34.1 Å². The molecule has 0 saturated carbocycles. The second kappa shape index (κ2) is 10.9. The molecule has 0 aliphatic heterocycles. The highest BCUT2D eigenvalue weighted by Crippen LogP contribution is 2.16. The Morgan fingerprint density at radius 1 is 1.33 bits per heavy atom. The zero-order chi connectivity index (χ0) is 15.5. The summed E-state index contributed by atoms with van der Waals surface area (Å²) in [5.74, 6) is 1.69. The molecule has 0 amide bonds. The lowest BCUT2D eigenvalue weighted by Gasteiger charge is -2.11. The molecule has 0 bridgehead atoms. The molecule has 0 aliphatic carbocycles. The summed E-state index contributed by atoms with van der Waals surface area (Å²) in [4.78, 5) is 4.43. The maximum absolute atomic E-state index is 13.7. The molecule has 0 radical (unpaired) electrons. The molecule has 0 fully saturated rings. The molecule has 0 heterocycles. The van der Waals surface area contributed by atoms with Crippen molar-refractivity contribution < 1.29 is 4.39 Å². The van der Waals surface area contributed by atoms with E-state index in [0.29, 0.717) is 12.1 Å². The lowest BCUT2D eigenvalue weighted by Crippen LogP contribution is -2.37. The van der Waals surface area contributed by atoms with Crippen molar-refractivity contribution in [2.75, 3.05) is 25.1 Å². The van der Waals surface area contributed by atoms with Crippen LogP contribution in [0.1, 0.15) is 25.3 Å². The molecule has 1 aromatic carbocycles. The van der Waals surface area contributed by atoms with Gasteiger partial charge in [0.25, 0.3) is 0 Å². The van der Waals surface area contributed by atoms with E-state index in [1.807, 2.05) is 18.7 Å². The highest BCUT2D eigenvalue weighted by molar-refractivity contribution is 9.10. The van der Waals surface area contributed by atoms with Crippen LogP contribution < -0.4 is 10.6 Å². The molecule has 0 aromatic heterocycles. The van der Waals surface area contributed by atoms with Crippen LogP contribution in [0.3, 0.4) is 0 Å². The fourth-order valence-corrected chi connectivity index (χ4v) is 2.65. The van der Waals surface area contributed by atoms with Gasteiger partial charge in [0.05, 0.1) is 6.54 Å². The van der Waals surface area contributed by atoms with E-state index in [-0.39, 0.29) is 5.82 Å². The summed E-state index contributed by atoms with van der Waals surface area (Å²) >= 11 is 5.21. The van der Waals surface area contributed by atoms with E-state index in [0.717, 1.165) is 29.9 Å². The lowest BCUT2D eigenvalue weighted by atomic mass is 10.2. The molecule has 0 saturated heterocycles. The normalized spacial score (nSPS) is 11.5. The molecule has 0 atom stereocenters. The van der Waals surface area contributed by atoms with Crippen molar-refractivity contribution in [3.8, 4) is 0 Å². The number of thioether (sulfide) groups is 1. The summed E-state index contributed by atoms with van der Waals surface area (Å²) in [6.07, 6.45) is 4.41. The zero-order valence-corrected chi connectivity index (χ0v) is 15.0. The first-order chi connectivity index (χ1) is 10.2. The monoisotopic (exact) mass is 375 g/mol. The highest BCUT2D eigenvalue weighted by atomic mass is 79.9. The maximum Gasteiger partial charge on any atom is 0.191 e. The zero-order valence-electron chi connectivity index (χ0n) is 12.6. The SMILES string of the molecule is CCNC(=NCc1cc(Br)ccc1F)NCCCCSC. The van der Waals surface area contributed by atoms with E-state index in [1.165, 1.54) is 18.2 Å². The van der Waals surface area contributed by atoms with E-state index >= 15 is 0 Å². The Bertz CT molecular complexity index is 455. The molecular weight excluding hydrogens is 353 g/mol. The number of rotatable bonds is 8. The Balaban J connectivity index is 2.52. The average molecular weight is 376 g/mol. The fourth-order valence-electron chi connectivity index (χ4n) is 1.75. The number of halogens is 2. The first-order valence-corrected chi connectivity index (χ1v) is 9.31. The first-order valence-electron chi connectivity index (χ1n) is 7.12. The van der Waals surface area contributed by atoms with Crippen molar-refractivity contribution >= 4 is 33.7 Å². The van der Waals surface area contributed by atoms with Gasteiger partial charge in [-0.05, 0) is 50.0 Å². The van der Waals surface area contributed by atoms with Crippen molar-refractivity contribution in [2.45, 2.75) is 26.3 Å². The van der Waals surface area contributed by atoms with E-state index in [4.69, 9.17) is 0 Å². The number of nitrogens with zero attached hydrogens (tertiary/aromatic N) is 1. The number of hydrogen-bond acceptors (Lipinski definition) is 2. The van der Waals surface area contributed by atoms with Gasteiger partial charge in [0.1, 0.15) is 5.82 Å². The molecule has 1 rings (SSSR count). The maximum atomic E-state index is 13.7. The average Bonchev–Trinajstić information content (AvgIpc) is 2.47. The minimum Gasteiger partial charge on any atom is -0.357 e. The van der Waals surface area contributed by atoms with Gasteiger partial charge in [-0.2, -0.15) is 11.8 Å². The third-order valence-electron chi connectivity index (χ3n) is 2.83. The van der Waals surface area contributed by atoms with Crippen molar-refractivity contribution in [3.63, 3.8) is 0 Å². The van der Waals surface area contributed by atoms with Crippen molar-refractivity contribution in [1.82, 2.24) is 10.6 Å². The molecule has 0 spiro atoms. The standard InChI is InChI=1S/C15H23BrFN3S/c1-3-18-15(19-8-4-5-9-21-2)20-11-12-10-13(16)6-7-14(12)17/h6-7,10H,3-5,8-9,11H2,1-2H3,(H2,18,19,20). The van der Waals surface area contributed by atoms with Crippen LogP contribution in [0.2, 0.25) is 0 Å². The van der Waals surface area contributed by atoms with Gasteiger partial charge in [-0.1, -0.05) is 15.9 Å². The summed E-state index contributed by atoms with van der Waals surface area (Å²) < 4.78 is 14.5. The van der Waals surface area contributed by atoms with Crippen LogP contribution in [-0.2, 0) is 6.54 Å². The quantitative estimate of drug-likeness (QED) is 0.412. The van der Waals surface area contributed by atoms with Gasteiger partial charge in [-0.25, -0.2) is 9.38 Å². The summed E-state index contributed by atoms with van der Waals surface area (Å²) in [5.41, 5.74) is 0.587. The number of benzene rings is 1. The van der Waals surface area contributed by atoms with E-state index in [1.54, 1.807) is 12.1 Å². The lowest BCUT2D eigenvalue weighted by molar-refractivity contribution is 0.609. The van der Waals surface area contributed by atoms with Crippen LogP contribution in [0.15, 0.2) is 27.7 Å². The summed E-state index contributed by atoms with van der Waals surface area (Å²) in [5, 5.41) is 6.46. The highest BCUT2D eigenvalue weighted by Gasteiger charge is 2.03. The minimum atomic E-state index is -0.224. The Hall–Kier alpha value is -0.750. The van der Waals surface area contributed by atoms with Gasteiger partial charge in [-0.15, -0.1) is 0 Å². The van der Waals surface area contributed by atoms with Gasteiger partial charge < -0.3 is 10.6 Å². The second-order valence-corrected chi connectivity index (χ2v) is 6.46. The Morgan fingerprint density at radius 3 is 2.86 bits per heavy atom. The van der Waals surface area contributed by atoms with Crippen LogP contribution in [0, 0.1) is 5.82 Å². The van der Waals surface area contributed by atoms with Crippen molar-refractivity contribution in [2.24, 2.45) is 4.99 Å². The van der Waals surface area contributed by atoms with E-state index < -0.39 is 0 Å². The Kier molecular flexibility index (Phi) is 9.50. The molecule has 2 N–H and O–H groups in total. The predicted octanol–water partition coefficient (Wildman–Crippen LogP) is 3.79. The fraction of sp³-hybridized carbons (Fsp3) is 0.533. The minimum absolute atomic E-state index is 0.224. The summed E-state index contributed by atoms with van der Waals surface area (Å²) in [6.45, 7) is 4.01. The third-order valence-corrected chi connectivity index (χ3v) is 4.02. The topological polar surface area (TPSA) is 36.4 Å². The molecule has 1 aromatic rings. The van der Waals surface area contributed by atoms with Crippen molar-refractivity contribution in [1.29, 1.82) is 0 Å². The number of aliphatic imine (C=N–C) groups is 1. The van der Waals surface area contributed by atoms with E-state index in [9.17, 15) is 4.39 Å². The molecule has 0 aliphatic rings. The molecule has 0 unspecified atom stereocenters. The Labute approximate surface area is 139 Å².